The molecule has 7 nitrogen and oxygen atoms in total. The average molecular weight is 435 g/mol. The van der Waals surface area contributed by atoms with Crippen molar-refractivity contribution in [3.63, 3.8) is 0 Å². The molecule has 0 fully saturated rings. The number of aromatic nitrogens is 3. The van der Waals surface area contributed by atoms with Crippen molar-refractivity contribution in [2.24, 2.45) is 0 Å². The number of para-hydroxylation sites is 1. The van der Waals surface area contributed by atoms with Gasteiger partial charge in [-0.05, 0) is 22.9 Å². The first kappa shape index (κ1) is 20.4. The Hall–Kier alpha value is -4.52. The van der Waals surface area contributed by atoms with Gasteiger partial charge >= 0.3 is 0 Å². The zero-order valence-corrected chi connectivity index (χ0v) is 17.9. The SMILES string of the molecule is CNC(=O)Cn1cc(NC(=O)c2cc(-c3cccc4ccccc34)nc3ccccc23)cn1. The number of nitrogens with one attached hydrogen (secondary N) is 2. The highest BCUT2D eigenvalue weighted by molar-refractivity contribution is 6.13. The number of rotatable bonds is 5. The Kier molecular flexibility index (Phi) is 5.28. The summed E-state index contributed by atoms with van der Waals surface area (Å²) in [5.74, 6) is -0.439. The van der Waals surface area contributed by atoms with E-state index in [2.05, 4.69) is 33.9 Å². The Morgan fingerprint density at radius 3 is 2.55 bits per heavy atom. The van der Waals surface area contributed by atoms with Crippen LogP contribution in [0.4, 0.5) is 5.69 Å². The lowest BCUT2D eigenvalue weighted by Crippen LogP contribution is -2.23. The summed E-state index contributed by atoms with van der Waals surface area (Å²) in [6.07, 6.45) is 3.15. The third-order valence-electron chi connectivity index (χ3n) is 5.50. The van der Waals surface area contributed by atoms with Gasteiger partial charge in [0, 0.05) is 24.2 Å². The summed E-state index contributed by atoms with van der Waals surface area (Å²) in [6, 6.07) is 23.6. The quantitative estimate of drug-likeness (QED) is 0.432. The zero-order chi connectivity index (χ0) is 22.8. The van der Waals surface area contributed by atoms with Crippen LogP contribution in [0.25, 0.3) is 32.9 Å². The summed E-state index contributed by atoms with van der Waals surface area (Å²) in [6.45, 7) is 0.0792. The van der Waals surface area contributed by atoms with E-state index >= 15 is 0 Å². The topological polar surface area (TPSA) is 88.9 Å². The Morgan fingerprint density at radius 2 is 1.70 bits per heavy atom. The van der Waals surface area contributed by atoms with Crippen molar-refractivity contribution in [2.75, 3.05) is 12.4 Å². The van der Waals surface area contributed by atoms with Crippen LogP contribution in [0.1, 0.15) is 10.4 Å². The molecule has 162 valence electrons. The largest absolute Gasteiger partial charge is 0.358 e. The predicted octanol–water partition coefficient (Wildman–Crippen LogP) is 4.25. The molecule has 2 heterocycles. The first-order valence-electron chi connectivity index (χ1n) is 10.5. The standard InChI is InChI=1S/C26H21N5O2/c1-27-25(32)16-31-15-18(14-28-31)29-26(33)22-13-24(30-23-12-5-4-10-21(22)23)20-11-6-8-17-7-2-3-9-19(17)20/h2-15H,16H2,1H3,(H,27,32)(H,29,33). The van der Waals surface area contributed by atoms with Crippen LogP contribution in [-0.4, -0.2) is 33.6 Å². The van der Waals surface area contributed by atoms with Crippen LogP contribution in [-0.2, 0) is 11.3 Å². The summed E-state index contributed by atoms with van der Waals surface area (Å²) in [7, 11) is 1.57. The molecule has 0 aliphatic rings. The van der Waals surface area contributed by atoms with E-state index in [0.717, 1.165) is 32.9 Å². The number of benzene rings is 3. The summed E-state index contributed by atoms with van der Waals surface area (Å²) in [5, 5.41) is 12.5. The average Bonchev–Trinajstić information content (AvgIpc) is 3.29. The van der Waals surface area contributed by atoms with E-state index in [1.807, 2.05) is 54.6 Å². The second-order valence-corrected chi connectivity index (χ2v) is 7.65. The molecule has 0 saturated carbocycles. The number of anilines is 1. The number of likely N-dealkylation sites (N-methyl/N-ethyl adjacent to an activating group) is 1. The van der Waals surface area contributed by atoms with Crippen LogP contribution < -0.4 is 10.6 Å². The van der Waals surface area contributed by atoms with Crippen molar-refractivity contribution < 1.29 is 9.59 Å². The molecule has 7 heteroatoms. The number of amides is 2. The van der Waals surface area contributed by atoms with Crippen molar-refractivity contribution in [3.05, 3.63) is 90.8 Å². The number of carbonyl (C=O) groups is 2. The Labute approximate surface area is 190 Å². The van der Waals surface area contributed by atoms with E-state index in [-0.39, 0.29) is 18.4 Å². The highest BCUT2D eigenvalue weighted by Crippen LogP contribution is 2.30. The maximum atomic E-state index is 13.3. The van der Waals surface area contributed by atoms with Gasteiger partial charge in [-0.3, -0.25) is 14.3 Å². The minimum absolute atomic E-state index is 0.0792. The summed E-state index contributed by atoms with van der Waals surface area (Å²) < 4.78 is 1.47. The molecule has 2 N–H and O–H groups in total. The minimum atomic E-state index is -0.269. The molecule has 0 unspecified atom stereocenters. The number of pyridine rings is 1. The number of hydrogen-bond acceptors (Lipinski definition) is 4. The summed E-state index contributed by atoms with van der Waals surface area (Å²) in [5.41, 5.74) is 3.46. The van der Waals surface area contributed by atoms with E-state index in [1.165, 1.54) is 10.9 Å². The molecule has 0 aliphatic heterocycles. The number of carbonyl (C=O) groups excluding carboxylic acids is 2. The molecule has 33 heavy (non-hydrogen) atoms. The van der Waals surface area contributed by atoms with E-state index in [9.17, 15) is 9.59 Å². The molecular formula is C26H21N5O2. The van der Waals surface area contributed by atoms with Crippen LogP contribution in [0.3, 0.4) is 0 Å². The molecule has 3 aromatic carbocycles. The van der Waals surface area contributed by atoms with Crippen LogP contribution in [0.15, 0.2) is 85.2 Å². The van der Waals surface area contributed by atoms with Crippen molar-refractivity contribution in [2.45, 2.75) is 6.54 Å². The van der Waals surface area contributed by atoms with E-state index in [1.54, 1.807) is 13.2 Å². The van der Waals surface area contributed by atoms with Crippen molar-refractivity contribution >= 4 is 39.2 Å². The van der Waals surface area contributed by atoms with Gasteiger partial charge in [-0.1, -0.05) is 60.7 Å². The fraction of sp³-hybridized carbons (Fsp3) is 0.0769. The van der Waals surface area contributed by atoms with Gasteiger partial charge in [0.15, 0.2) is 0 Å². The molecule has 0 spiro atoms. The zero-order valence-electron chi connectivity index (χ0n) is 17.9. The first-order chi connectivity index (χ1) is 16.1. The summed E-state index contributed by atoms with van der Waals surface area (Å²) >= 11 is 0. The van der Waals surface area contributed by atoms with Crippen LogP contribution in [0.2, 0.25) is 0 Å². The second kappa shape index (κ2) is 8.55. The lowest BCUT2D eigenvalue weighted by molar-refractivity contribution is -0.121. The monoisotopic (exact) mass is 435 g/mol. The van der Waals surface area contributed by atoms with E-state index in [4.69, 9.17) is 4.98 Å². The summed E-state index contributed by atoms with van der Waals surface area (Å²) in [4.78, 5) is 29.7. The van der Waals surface area contributed by atoms with E-state index in [0.29, 0.717) is 11.3 Å². The van der Waals surface area contributed by atoms with Gasteiger partial charge in [0.2, 0.25) is 5.91 Å². The number of hydrogen-bond donors (Lipinski definition) is 2. The molecule has 5 aromatic rings. The third-order valence-corrected chi connectivity index (χ3v) is 5.50. The van der Waals surface area contributed by atoms with Crippen LogP contribution in [0, 0.1) is 0 Å². The highest BCUT2D eigenvalue weighted by Gasteiger charge is 2.16. The van der Waals surface area contributed by atoms with Crippen molar-refractivity contribution in [1.29, 1.82) is 0 Å². The second-order valence-electron chi connectivity index (χ2n) is 7.65. The van der Waals surface area contributed by atoms with Crippen LogP contribution in [0.5, 0.6) is 0 Å². The molecule has 0 saturated heterocycles. The molecular weight excluding hydrogens is 414 g/mol. The Morgan fingerprint density at radius 1 is 0.939 bits per heavy atom. The number of fused-ring (bicyclic) bond motifs is 2. The third kappa shape index (κ3) is 4.04. The number of nitrogens with zero attached hydrogens (tertiary/aromatic N) is 3. The van der Waals surface area contributed by atoms with Gasteiger partial charge in [0.05, 0.1) is 28.7 Å². The molecule has 0 atom stereocenters. The maximum absolute atomic E-state index is 13.3. The van der Waals surface area contributed by atoms with Gasteiger partial charge in [-0.25, -0.2) is 4.98 Å². The minimum Gasteiger partial charge on any atom is -0.358 e. The lowest BCUT2D eigenvalue weighted by Gasteiger charge is -2.11. The molecule has 2 aromatic heterocycles. The van der Waals surface area contributed by atoms with Gasteiger partial charge in [-0.15, -0.1) is 0 Å². The lowest BCUT2D eigenvalue weighted by atomic mass is 9.99. The fourth-order valence-corrected chi connectivity index (χ4v) is 3.89. The predicted molar refractivity (Wildman–Crippen MR) is 129 cm³/mol. The normalized spacial score (nSPS) is 10.9. The highest BCUT2D eigenvalue weighted by atomic mass is 16.2. The van der Waals surface area contributed by atoms with Gasteiger partial charge in [-0.2, -0.15) is 5.10 Å². The van der Waals surface area contributed by atoms with Crippen molar-refractivity contribution in [3.8, 4) is 11.3 Å². The molecule has 0 aliphatic carbocycles. The molecule has 0 radical (unpaired) electrons. The van der Waals surface area contributed by atoms with Gasteiger partial charge in [0.25, 0.3) is 5.91 Å². The molecule has 2 amide bonds. The maximum Gasteiger partial charge on any atom is 0.256 e. The fourth-order valence-electron chi connectivity index (χ4n) is 3.89. The van der Waals surface area contributed by atoms with Crippen LogP contribution >= 0.6 is 0 Å². The smallest absolute Gasteiger partial charge is 0.256 e. The van der Waals surface area contributed by atoms with Crippen molar-refractivity contribution in [1.82, 2.24) is 20.1 Å². The first-order valence-corrected chi connectivity index (χ1v) is 10.5. The Bertz CT molecular complexity index is 1500. The van der Waals surface area contributed by atoms with Gasteiger partial charge < -0.3 is 10.6 Å². The molecule has 5 rings (SSSR count). The Balaban J connectivity index is 1.55. The van der Waals surface area contributed by atoms with Gasteiger partial charge in [0.1, 0.15) is 6.54 Å². The molecule has 0 bridgehead atoms. The van der Waals surface area contributed by atoms with E-state index < -0.39 is 0 Å².